The first kappa shape index (κ1) is 18.8. The summed E-state index contributed by atoms with van der Waals surface area (Å²) < 4.78 is 0. The first-order valence-corrected chi connectivity index (χ1v) is 9.99. The largest absolute Gasteiger partial charge is 0.0885 e. The minimum absolute atomic E-state index is 1.06. The van der Waals surface area contributed by atoms with Gasteiger partial charge >= 0.3 is 0 Å². The zero-order chi connectivity index (χ0) is 15.2. The molecule has 0 saturated heterocycles. The lowest BCUT2D eigenvalue weighted by molar-refractivity contribution is 0.559. The lowest BCUT2D eigenvalue weighted by Crippen LogP contribution is -1.82. The van der Waals surface area contributed by atoms with Crippen molar-refractivity contribution < 1.29 is 0 Å². The fourth-order valence-electron chi connectivity index (χ4n) is 3.28. The number of hydrogen-bond acceptors (Lipinski definition) is 0. The van der Waals surface area contributed by atoms with Gasteiger partial charge < -0.3 is 0 Å². The van der Waals surface area contributed by atoms with E-state index in [1.54, 1.807) is 0 Å². The molecule has 0 aromatic rings. The third kappa shape index (κ3) is 12.0. The van der Waals surface area contributed by atoms with Gasteiger partial charge in [-0.05, 0) is 43.9 Å². The quantitative estimate of drug-likeness (QED) is 0.214. The predicted molar refractivity (Wildman–Crippen MR) is 96.7 cm³/mol. The van der Waals surface area contributed by atoms with Gasteiger partial charge in [0, 0.05) is 0 Å². The van der Waals surface area contributed by atoms with Crippen LogP contribution in [-0.2, 0) is 0 Å². The van der Waals surface area contributed by atoms with E-state index in [-0.39, 0.29) is 0 Å². The van der Waals surface area contributed by atoms with Gasteiger partial charge in [0.15, 0.2) is 0 Å². The highest BCUT2D eigenvalue weighted by Gasteiger charge is 2.31. The van der Waals surface area contributed by atoms with Crippen LogP contribution in [-0.4, -0.2) is 0 Å². The Hall–Kier alpha value is -0.260. The highest BCUT2D eigenvalue weighted by Crippen LogP contribution is 2.41. The number of rotatable bonds is 15. The van der Waals surface area contributed by atoms with Crippen LogP contribution in [0.4, 0.5) is 0 Å². The number of hydrogen-bond donors (Lipinski definition) is 0. The van der Waals surface area contributed by atoms with E-state index in [1.807, 2.05) is 0 Å². The second-order valence-corrected chi connectivity index (χ2v) is 7.35. The molecular formula is C21H40. The van der Waals surface area contributed by atoms with Crippen molar-refractivity contribution in [1.82, 2.24) is 0 Å². The van der Waals surface area contributed by atoms with E-state index in [0.717, 1.165) is 11.8 Å². The summed E-state index contributed by atoms with van der Waals surface area (Å²) in [7, 11) is 0. The molecule has 0 heterocycles. The van der Waals surface area contributed by atoms with Crippen molar-refractivity contribution in [3.05, 3.63) is 12.2 Å². The zero-order valence-corrected chi connectivity index (χ0v) is 14.9. The van der Waals surface area contributed by atoms with Crippen LogP contribution >= 0.6 is 0 Å². The van der Waals surface area contributed by atoms with Crippen LogP contribution in [0.2, 0.25) is 0 Å². The maximum Gasteiger partial charge on any atom is -0.0351 e. The molecule has 124 valence electrons. The van der Waals surface area contributed by atoms with Crippen LogP contribution in [0.15, 0.2) is 12.2 Å². The van der Waals surface area contributed by atoms with E-state index in [2.05, 4.69) is 26.0 Å². The van der Waals surface area contributed by atoms with Crippen LogP contribution in [0, 0.1) is 11.8 Å². The summed E-state index contributed by atoms with van der Waals surface area (Å²) in [6.45, 7) is 4.69. The fraction of sp³-hybridized carbons (Fsp3) is 0.905. The van der Waals surface area contributed by atoms with Crippen LogP contribution in [0.25, 0.3) is 0 Å². The molecule has 0 bridgehead atoms. The Balaban J connectivity index is 1.68. The van der Waals surface area contributed by atoms with Gasteiger partial charge in [-0.25, -0.2) is 0 Å². The molecule has 1 saturated carbocycles. The minimum Gasteiger partial charge on any atom is -0.0885 e. The molecule has 0 N–H and O–H groups in total. The van der Waals surface area contributed by atoms with E-state index in [9.17, 15) is 0 Å². The first-order valence-electron chi connectivity index (χ1n) is 9.99. The van der Waals surface area contributed by atoms with E-state index in [4.69, 9.17) is 0 Å². The highest BCUT2D eigenvalue weighted by atomic mass is 14.4. The molecule has 0 nitrogen and oxygen atoms in total. The summed E-state index contributed by atoms with van der Waals surface area (Å²) in [6.07, 6.45) is 26.3. The molecule has 0 spiro atoms. The van der Waals surface area contributed by atoms with Crippen molar-refractivity contribution in [1.29, 1.82) is 0 Å². The lowest BCUT2D eigenvalue weighted by Gasteiger charge is -2.00. The molecule has 0 aliphatic heterocycles. The number of allylic oxidation sites excluding steroid dienone is 2. The summed E-state index contributed by atoms with van der Waals surface area (Å²) in [6, 6.07) is 0. The third-order valence-electron chi connectivity index (χ3n) is 5.11. The third-order valence-corrected chi connectivity index (χ3v) is 5.11. The van der Waals surface area contributed by atoms with Gasteiger partial charge in [0.05, 0.1) is 0 Å². The van der Waals surface area contributed by atoms with Crippen molar-refractivity contribution in [2.75, 3.05) is 0 Å². The Morgan fingerprint density at radius 1 is 0.714 bits per heavy atom. The molecule has 2 unspecified atom stereocenters. The number of unbranched alkanes of at least 4 members (excludes halogenated alkanes) is 11. The summed E-state index contributed by atoms with van der Waals surface area (Å²) >= 11 is 0. The summed E-state index contributed by atoms with van der Waals surface area (Å²) in [4.78, 5) is 0. The molecule has 1 aliphatic carbocycles. The second kappa shape index (κ2) is 13.4. The Bertz CT molecular complexity index is 240. The lowest BCUT2D eigenvalue weighted by atomic mass is 10.1. The van der Waals surface area contributed by atoms with Crippen LogP contribution in [0.3, 0.4) is 0 Å². The van der Waals surface area contributed by atoms with Gasteiger partial charge in [-0.3, -0.25) is 0 Å². The zero-order valence-electron chi connectivity index (χ0n) is 14.9. The Kier molecular flexibility index (Phi) is 12.0. The van der Waals surface area contributed by atoms with Crippen LogP contribution in [0.1, 0.15) is 110 Å². The minimum atomic E-state index is 1.06. The van der Waals surface area contributed by atoms with Crippen LogP contribution < -0.4 is 0 Å². The van der Waals surface area contributed by atoms with Gasteiger partial charge in [0.2, 0.25) is 0 Å². The Labute approximate surface area is 134 Å². The molecule has 0 amide bonds. The standard InChI is InChI=1S/C21H40/c1-3-4-5-6-7-8-9-10-11-12-13-14-15-16-17-18-21-19-20(21)2/h10-11,20-21H,3-9,12-19H2,1-2H3/b11-10-. The average Bonchev–Trinajstić information content (AvgIpc) is 3.19. The van der Waals surface area contributed by atoms with E-state index < -0.39 is 0 Å². The Morgan fingerprint density at radius 2 is 1.19 bits per heavy atom. The van der Waals surface area contributed by atoms with E-state index in [0.29, 0.717) is 0 Å². The first-order chi connectivity index (χ1) is 10.3. The fourth-order valence-corrected chi connectivity index (χ4v) is 3.28. The topological polar surface area (TPSA) is 0 Å². The van der Waals surface area contributed by atoms with E-state index in [1.165, 1.54) is 96.3 Å². The molecule has 0 aromatic carbocycles. The second-order valence-electron chi connectivity index (χ2n) is 7.35. The molecular weight excluding hydrogens is 252 g/mol. The monoisotopic (exact) mass is 292 g/mol. The van der Waals surface area contributed by atoms with Gasteiger partial charge in [0.1, 0.15) is 0 Å². The Morgan fingerprint density at radius 3 is 1.71 bits per heavy atom. The molecule has 2 atom stereocenters. The van der Waals surface area contributed by atoms with Crippen molar-refractivity contribution in [3.63, 3.8) is 0 Å². The molecule has 1 aliphatic rings. The normalized spacial score (nSPS) is 21.2. The summed E-state index contributed by atoms with van der Waals surface area (Å²) in [5.74, 6) is 2.16. The van der Waals surface area contributed by atoms with Crippen LogP contribution in [0.5, 0.6) is 0 Å². The van der Waals surface area contributed by atoms with Gasteiger partial charge in [0.25, 0.3) is 0 Å². The van der Waals surface area contributed by atoms with Crippen molar-refractivity contribution in [2.24, 2.45) is 11.8 Å². The van der Waals surface area contributed by atoms with Gasteiger partial charge in [-0.1, -0.05) is 90.2 Å². The van der Waals surface area contributed by atoms with E-state index >= 15 is 0 Å². The van der Waals surface area contributed by atoms with Crippen molar-refractivity contribution in [3.8, 4) is 0 Å². The smallest absolute Gasteiger partial charge is 0.0351 e. The molecule has 1 fully saturated rings. The summed E-state index contributed by atoms with van der Waals surface area (Å²) in [5, 5.41) is 0. The van der Waals surface area contributed by atoms with Crippen molar-refractivity contribution in [2.45, 2.75) is 110 Å². The SMILES string of the molecule is CCCCCCCC/C=C\CCCCCCCC1CC1C. The highest BCUT2D eigenvalue weighted by molar-refractivity contribution is 4.82. The van der Waals surface area contributed by atoms with Crippen molar-refractivity contribution >= 4 is 0 Å². The van der Waals surface area contributed by atoms with Gasteiger partial charge in [-0.15, -0.1) is 0 Å². The average molecular weight is 293 g/mol. The molecule has 1 rings (SSSR count). The maximum atomic E-state index is 2.43. The molecule has 21 heavy (non-hydrogen) atoms. The molecule has 0 radical (unpaired) electrons. The maximum absolute atomic E-state index is 2.43. The summed E-state index contributed by atoms with van der Waals surface area (Å²) in [5.41, 5.74) is 0. The molecule has 0 heteroatoms. The van der Waals surface area contributed by atoms with Gasteiger partial charge in [-0.2, -0.15) is 0 Å². The predicted octanol–water partition coefficient (Wildman–Crippen LogP) is 7.68. The molecule has 0 aromatic heterocycles.